The maximum Gasteiger partial charge on any atom is 0.416 e. The lowest BCUT2D eigenvalue weighted by molar-refractivity contribution is -0.138. The van der Waals surface area contributed by atoms with E-state index in [1.807, 2.05) is 4.90 Å². The van der Waals surface area contributed by atoms with Crippen LogP contribution in [0.25, 0.3) is 5.82 Å². The second-order valence-electron chi connectivity index (χ2n) is 6.95. The number of aromatic nitrogens is 2. The molecule has 1 saturated heterocycles. The Morgan fingerprint density at radius 3 is 2.59 bits per heavy atom. The minimum atomic E-state index is -4.38. The van der Waals surface area contributed by atoms with E-state index in [0.717, 1.165) is 6.07 Å². The number of rotatable bonds is 6. The lowest BCUT2D eigenvalue weighted by atomic mass is 10.0. The highest BCUT2D eigenvalue weighted by atomic mass is 19.4. The van der Waals surface area contributed by atoms with Crippen molar-refractivity contribution in [2.45, 2.75) is 38.7 Å². The number of piperidine rings is 1. The molecule has 0 unspecified atom stereocenters. The van der Waals surface area contributed by atoms with Crippen molar-refractivity contribution in [3.8, 4) is 0 Å². The van der Waals surface area contributed by atoms with Crippen LogP contribution in [-0.2, 0) is 17.5 Å². The number of carboxylic acid groups (broad SMARTS) is 1. The SMILES string of the molecule is C=C(N1CCC(OCc2cccc(C(F)(F)F)c2C)CC1)n1ccc(C(=O)O)n1. The summed E-state index contributed by atoms with van der Waals surface area (Å²) in [7, 11) is 0. The molecule has 1 aliphatic rings. The second kappa shape index (κ2) is 8.28. The van der Waals surface area contributed by atoms with E-state index in [-0.39, 0.29) is 24.0 Å². The van der Waals surface area contributed by atoms with E-state index in [2.05, 4.69) is 11.7 Å². The highest BCUT2D eigenvalue weighted by Gasteiger charge is 2.33. The predicted octanol–water partition coefficient (Wildman–Crippen LogP) is 4.02. The van der Waals surface area contributed by atoms with E-state index >= 15 is 0 Å². The molecule has 3 rings (SSSR count). The number of carbonyl (C=O) groups is 1. The van der Waals surface area contributed by atoms with Gasteiger partial charge in [-0.3, -0.25) is 0 Å². The molecule has 1 aromatic heterocycles. The van der Waals surface area contributed by atoms with Gasteiger partial charge in [0.1, 0.15) is 5.82 Å². The van der Waals surface area contributed by atoms with Crippen molar-refractivity contribution >= 4 is 11.8 Å². The molecule has 0 amide bonds. The normalized spacial score (nSPS) is 15.5. The van der Waals surface area contributed by atoms with Gasteiger partial charge >= 0.3 is 12.1 Å². The summed E-state index contributed by atoms with van der Waals surface area (Å²) in [6, 6.07) is 5.53. The lowest BCUT2D eigenvalue weighted by Crippen LogP contribution is -2.37. The third-order valence-corrected chi connectivity index (χ3v) is 5.11. The molecule has 1 aromatic carbocycles. The van der Waals surface area contributed by atoms with Crippen LogP contribution < -0.4 is 0 Å². The van der Waals surface area contributed by atoms with Crippen molar-refractivity contribution in [2.24, 2.45) is 0 Å². The summed E-state index contributed by atoms with van der Waals surface area (Å²) in [6.45, 7) is 6.82. The lowest BCUT2D eigenvalue weighted by Gasteiger charge is -2.34. The minimum Gasteiger partial charge on any atom is -0.476 e. The first-order chi connectivity index (χ1) is 13.7. The van der Waals surface area contributed by atoms with Crippen molar-refractivity contribution in [3.63, 3.8) is 0 Å². The van der Waals surface area contributed by atoms with E-state index in [1.54, 1.807) is 12.3 Å². The highest BCUT2D eigenvalue weighted by molar-refractivity contribution is 5.85. The van der Waals surface area contributed by atoms with E-state index in [4.69, 9.17) is 9.84 Å². The molecule has 0 atom stereocenters. The van der Waals surface area contributed by atoms with Crippen molar-refractivity contribution in [1.82, 2.24) is 14.7 Å². The van der Waals surface area contributed by atoms with Crippen molar-refractivity contribution in [2.75, 3.05) is 13.1 Å². The van der Waals surface area contributed by atoms with Crippen LogP contribution in [0.3, 0.4) is 0 Å². The Hall–Kier alpha value is -2.81. The maximum absolute atomic E-state index is 13.0. The third-order valence-electron chi connectivity index (χ3n) is 5.11. The Bertz CT molecular complexity index is 900. The Kier molecular flexibility index (Phi) is 5.97. The summed E-state index contributed by atoms with van der Waals surface area (Å²) in [6.07, 6.45) is -1.53. The second-order valence-corrected chi connectivity index (χ2v) is 6.95. The molecule has 9 heteroatoms. The first kappa shape index (κ1) is 20.9. The number of aromatic carboxylic acids is 1. The molecule has 6 nitrogen and oxygen atoms in total. The fourth-order valence-electron chi connectivity index (χ4n) is 3.36. The number of benzene rings is 1. The van der Waals surface area contributed by atoms with Crippen LogP contribution in [0.1, 0.15) is 40.0 Å². The molecule has 0 aliphatic carbocycles. The molecule has 0 radical (unpaired) electrons. The largest absolute Gasteiger partial charge is 0.476 e. The molecule has 1 aliphatic heterocycles. The van der Waals surface area contributed by atoms with Gasteiger partial charge in [0, 0.05) is 19.3 Å². The number of carboxylic acids is 1. The summed E-state index contributed by atoms with van der Waals surface area (Å²) >= 11 is 0. The topological polar surface area (TPSA) is 67.6 Å². The maximum atomic E-state index is 13.0. The van der Waals surface area contributed by atoms with Gasteiger partial charge in [0.25, 0.3) is 0 Å². The number of nitrogens with zero attached hydrogens (tertiary/aromatic N) is 3. The number of alkyl halides is 3. The molecule has 1 N–H and O–H groups in total. The monoisotopic (exact) mass is 409 g/mol. The van der Waals surface area contributed by atoms with Crippen LogP contribution in [0.2, 0.25) is 0 Å². The fourth-order valence-corrected chi connectivity index (χ4v) is 3.36. The summed E-state index contributed by atoms with van der Waals surface area (Å²) in [4.78, 5) is 12.9. The van der Waals surface area contributed by atoms with Crippen LogP contribution in [0, 0.1) is 6.92 Å². The van der Waals surface area contributed by atoms with E-state index in [9.17, 15) is 18.0 Å². The number of hydrogen-bond donors (Lipinski definition) is 1. The van der Waals surface area contributed by atoms with Gasteiger partial charge < -0.3 is 14.7 Å². The van der Waals surface area contributed by atoms with Gasteiger partial charge in [-0.15, -0.1) is 0 Å². The fraction of sp³-hybridized carbons (Fsp3) is 0.400. The number of halogens is 3. The average molecular weight is 409 g/mol. The van der Waals surface area contributed by atoms with Gasteiger partial charge in [-0.25, -0.2) is 9.48 Å². The summed E-state index contributed by atoms with van der Waals surface area (Å²) < 4.78 is 46.4. The Labute approximate surface area is 166 Å². The number of ether oxygens (including phenoxy) is 1. The van der Waals surface area contributed by atoms with Crippen molar-refractivity contribution in [3.05, 3.63) is 59.4 Å². The van der Waals surface area contributed by atoms with E-state index < -0.39 is 17.7 Å². The van der Waals surface area contributed by atoms with Crippen molar-refractivity contribution in [1.29, 1.82) is 0 Å². The van der Waals surface area contributed by atoms with E-state index in [1.165, 1.54) is 23.7 Å². The van der Waals surface area contributed by atoms with Gasteiger partial charge in [-0.05, 0) is 43.0 Å². The molecule has 29 heavy (non-hydrogen) atoms. The highest BCUT2D eigenvalue weighted by Crippen LogP contribution is 2.33. The molecule has 156 valence electrons. The Morgan fingerprint density at radius 1 is 1.31 bits per heavy atom. The van der Waals surface area contributed by atoms with Crippen LogP contribution in [0.15, 0.2) is 37.0 Å². The minimum absolute atomic E-state index is 0.0548. The van der Waals surface area contributed by atoms with Gasteiger partial charge in [0.2, 0.25) is 0 Å². The number of hydrogen-bond acceptors (Lipinski definition) is 4. The Balaban J connectivity index is 1.54. The average Bonchev–Trinajstić information content (AvgIpc) is 3.17. The molecule has 0 spiro atoms. The molecule has 2 heterocycles. The Morgan fingerprint density at radius 2 is 2.00 bits per heavy atom. The number of likely N-dealkylation sites (tertiary alicyclic amines) is 1. The molecule has 2 aromatic rings. The zero-order chi connectivity index (χ0) is 21.2. The summed E-state index contributed by atoms with van der Waals surface area (Å²) in [5, 5.41) is 12.9. The first-order valence-corrected chi connectivity index (χ1v) is 9.17. The van der Waals surface area contributed by atoms with Crippen LogP contribution in [0.4, 0.5) is 13.2 Å². The molecule has 0 saturated carbocycles. The quantitative estimate of drug-likeness (QED) is 0.781. The van der Waals surface area contributed by atoms with Gasteiger partial charge in [-0.2, -0.15) is 18.3 Å². The molecule has 1 fully saturated rings. The first-order valence-electron chi connectivity index (χ1n) is 9.17. The summed E-state index contributed by atoms with van der Waals surface area (Å²) in [5.41, 5.74) is 0.0358. The third kappa shape index (κ3) is 4.79. The molecule has 0 bridgehead atoms. The van der Waals surface area contributed by atoms with Crippen molar-refractivity contribution < 1.29 is 27.8 Å². The molecular formula is C20H22F3N3O3. The summed E-state index contributed by atoms with van der Waals surface area (Å²) in [5.74, 6) is -0.529. The van der Waals surface area contributed by atoms with E-state index in [0.29, 0.717) is 37.3 Å². The van der Waals surface area contributed by atoms with Gasteiger partial charge in [-0.1, -0.05) is 18.7 Å². The smallest absolute Gasteiger partial charge is 0.416 e. The van der Waals surface area contributed by atoms with Gasteiger partial charge in [0.15, 0.2) is 5.69 Å². The standard InChI is InChI=1S/C20H22F3N3O3/c1-13-15(4-3-5-17(13)20(21,22)23)12-29-16-6-9-25(10-7-16)14(2)26-11-8-18(24-26)19(27)28/h3-5,8,11,16H,2,6-7,9-10,12H2,1H3,(H,27,28). The molecular weight excluding hydrogens is 387 g/mol. The zero-order valence-electron chi connectivity index (χ0n) is 15.9. The van der Waals surface area contributed by atoms with Gasteiger partial charge in [0.05, 0.1) is 18.3 Å². The van der Waals surface area contributed by atoms with Crippen LogP contribution >= 0.6 is 0 Å². The van der Waals surface area contributed by atoms with Crippen LogP contribution in [0.5, 0.6) is 0 Å². The predicted molar refractivity (Wildman–Crippen MR) is 100 cm³/mol. The van der Waals surface area contributed by atoms with Crippen LogP contribution in [-0.4, -0.2) is 44.9 Å². The zero-order valence-corrected chi connectivity index (χ0v) is 15.9.